The smallest absolute Gasteiger partial charge is 0.308 e. The number of benzene rings is 1. The Morgan fingerprint density at radius 3 is 2.76 bits per heavy atom. The Bertz CT molecular complexity index is 911. The van der Waals surface area contributed by atoms with Gasteiger partial charge >= 0.3 is 5.97 Å². The van der Waals surface area contributed by atoms with E-state index in [0.717, 1.165) is 10.6 Å². The summed E-state index contributed by atoms with van der Waals surface area (Å²) in [7, 11) is 0. The first kappa shape index (κ1) is 20.9. The highest BCUT2D eigenvalue weighted by atomic mass is 32.2. The van der Waals surface area contributed by atoms with E-state index in [1.165, 1.54) is 18.7 Å². The number of carbonyl (C=O) groups excluding carboxylic acids is 3. The lowest BCUT2D eigenvalue weighted by Crippen LogP contribution is -2.38. The van der Waals surface area contributed by atoms with E-state index in [1.807, 2.05) is 38.1 Å². The van der Waals surface area contributed by atoms with Crippen molar-refractivity contribution in [2.75, 3.05) is 22.5 Å². The van der Waals surface area contributed by atoms with Crippen molar-refractivity contribution in [3.05, 3.63) is 36.5 Å². The molecule has 2 aromatic rings. The molecule has 0 saturated carbocycles. The number of ether oxygens (including phenoxy) is 1. The topological polar surface area (TPSA) is 93.5 Å². The highest BCUT2D eigenvalue weighted by Gasteiger charge is 2.26. The van der Waals surface area contributed by atoms with E-state index in [0.29, 0.717) is 11.6 Å². The molecule has 0 spiro atoms. The fourth-order valence-electron chi connectivity index (χ4n) is 2.96. The predicted octanol–water partition coefficient (Wildman–Crippen LogP) is 2.86. The van der Waals surface area contributed by atoms with E-state index in [2.05, 4.69) is 10.4 Å². The molecule has 1 aliphatic rings. The highest BCUT2D eigenvalue weighted by molar-refractivity contribution is 8.00. The molecule has 3 rings (SSSR count). The summed E-state index contributed by atoms with van der Waals surface area (Å²) < 4.78 is 6.92. The molecular formula is C20H24N4O4S. The van der Waals surface area contributed by atoms with Crippen LogP contribution >= 0.6 is 11.8 Å². The Morgan fingerprint density at radius 2 is 2.00 bits per heavy atom. The van der Waals surface area contributed by atoms with Crippen molar-refractivity contribution in [1.29, 1.82) is 0 Å². The molecule has 1 aromatic carbocycles. The normalized spacial score (nSPS) is 14.5. The number of rotatable bonds is 7. The molecule has 1 aromatic heterocycles. The zero-order chi connectivity index (χ0) is 21.0. The first-order valence-corrected chi connectivity index (χ1v) is 10.4. The van der Waals surface area contributed by atoms with Crippen LogP contribution in [0.1, 0.15) is 33.2 Å². The van der Waals surface area contributed by atoms with Crippen LogP contribution < -0.4 is 10.2 Å². The minimum atomic E-state index is -0.960. The number of amides is 2. The third-order valence-electron chi connectivity index (χ3n) is 4.44. The molecule has 1 aliphatic heterocycles. The van der Waals surface area contributed by atoms with Crippen LogP contribution in [0.4, 0.5) is 11.5 Å². The maximum absolute atomic E-state index is 12.3. The van der Waals surface area contributed by atoms with Crippen LogP contribution in [0, 0.1) is 0 Å². The molecule has 0 bridgehead atoms. The summed E-state index contributed by atoms with van der Waals surface area (Å²) in [6.07, 6.45) is 0.641. The molecule has 2 amide bonds. The second-order valence-corrected chi connectivity index (χ2v) is 7.95. The first-order chi connectivity index (χ1) is 13.9. The number of thioether (sulfide) groups is 1. The van der Waals surface area contributed by atoms with Crippen molar-refractivity contribution in [1.82, 2.24) is 9.78 Å². The summed E-state index contributed by atoms with van der Waals surface area (Å²) in [4.78, 5) is 39.4. The van der Waals surface area contributed by atoms with Crippen LogP contribution in [-0.2, 0) is 19.1 Å². The Balaban J connectivity index is 1.53. The van der Waals surface area contributed by atoms with Gasteiger partial charge in [-0.2, -0.15) is 5.10 Å². The van der Waals surface area contributed by atoms with Gasteiger partial charge in [0.05, 0.1) is 24.1 Å². The van der Waals surface area contributed by atoms with Gasteiger partial charge in [0, 0.05) is 23.5 Å². The lowest BCUT2D eigenvalue weighted by Gasteiger charge is -2.28. The molecule has 0 aliphatic carbocycles. The molecule has 154 valence electrons. The molecule has 0 radical (unpaired) electrons. The monoisotopic (exact) mass is 416 g/mol. The molecule has 0 fully saturated rings. The van der Waals surface area contributed by atoms with E-state index >= 15 is 0 Å². The standard InChI is InChI=1S/C20H24N4O4S/c1-13(2)24-17(8-10-21-24)22-20(27)14(3)28-19(26)9-11-23-15-6-4-5-7-16(15)29-12-18(23)25/h4-8,10,13-14H,9,11-12H2,1-3H3,(H,22,27)/t14-/m0/s1. The minimum Gasteiger partial charge on any atom is -0.452 e. The van der Waals surface area contributed by atoms with E-state index in [9.17, 15) is 14.4 Å². The molecular weight excluding hydrogens is 392 g/mol. The average Bonchev–Trinajstić information content (AvgIpc) is 3.15. The fourth-order valence-corrected chi connectivity index (χ4v) is 3.90. The van der Waals surface area contributed by atoms with Crippen LogP contribution in [0.25, 0.3) is 0 Å². The van der Waals surface area contributed by atoms with Gasteiger partial charge in [-0.15, -0.1) is 11.8 Å². The number of fused-ring (bicyclic) bond motifs is 1. The Hall–Kier alpha value is -2.81. The van der Waals surface area contributed by atoms with Gasteiger partial charge in [-0.1, -0.05) is 12.1 Å². The maximum Gasteiger partial charge on any atom is 0.308 e. The van der Waals surface area contributed by atoms with E-state index in [1.54, 1.807) is 21.8 Å². The van der Waals surface area contributed by atoms with Crippen molar-refractivity contribution >= 4 is 41.1 Å². The third kappa shape index (κ3) is 4.97. The second-order valence-electron chi connectivity index (χ2n) is 6.93. The summed E-state index contributed by atoms with van der Waals surface area (Å²) in [6.45, 7) is 5.63. The molecule has 8 nitrogen and oxygen atoms in total. The lowest BCUT2D eigenvalue weighted by molar-refractivity contribution is -0.152. The van der Waals surface area contributed by atoms with E-state index < -0.39 is 18.0 Å². The molecule has 1 N–H and O–H groups in total. The number of carbonyl (C=O) groups is 3. The van der Waals surface area contributed by atoms with Crippen molar-refractivity contribution in [2.24, 2.45) is 0 Å². The molecule has 0 saturated heterocycles. The quantitative estimate of drug-likeness (QED) is 0.698. The lowest BCUT2D eigenvalue weighted by atomic mass is 10.2. The van der Waals surface area contributed by atoms with Gasteiger partial charge in [-0.05, 0) is 32.9 Å². The molecule has 2 heterocycles. The van der Waals surface area contributed by atoms with E-state index in [4.69, 9.17) is 4.74 Å². The fraction of sp³-hybridized carbons (Fsp3) is 0.400. The van der Waals surface area contributed by atoms with Crippen molar-refractivity contribution in [3.63, 3.8) is 0 Å². The minimum absolute atomic E-state index is 0.00624. The number of hydrogen-bond acceptors (Lipinski definition) is 6. The summed E-state index contributed by atoms with van der Waals surface area (Å²) in [5.74, 6) is -0.130. The van der Waals surface area contributed by atoms with Crippen LogP contribution in [0.15, 0.2) is 41.4 Å². The van der Waals surface area contributed by atoms with Gasteiger partial charge in [0.15, 0.2) is 6.10 Å². The zero-order valence-electron chi connectivity index (χ0n) is 16.6. The van der Waals surface area contributed by atoms with Gasteiger partial charge in [0.1, 0.15) is 5.82 Å². The van der Waals surface area contributed by atoms with Crippen LogP contribution in [0.5, 0.6) is 0 Å². The predicted molar refractivity (Wildman–Crippen MR) is 111 cm³/mol. The Morgan fingerprint density at radius 1 is 1.24 bits per heavy atom. The van der Waals surface area contributed by atoms with Gasteiger partial charge in [-0.3, -0.25) is 14.4 Å². The summed E-state index contributed by atoms with van der Waals surface area (Å²) >= 11 is 1.49. The van der Waals surface area contributed by atoms with Gasteiger partial charge in [-0.25, -0.2) is 4.68 Å². The summed E-state index contributed by atoms with van der Waals surface area (Å²) in [5.41, 5.74) is 0.800. The molecule has 0 unspecified atom stereocenters. The van der Waals surface area contributed by atoms with Crippen molar-refractivity contribution in [2.45, 2.75) is 44.2 Å². The third-order valence-corrected chi connectivity index (χ3v) is 5.48. The van der Waals surface area contributed by atoms with E-state index in [-0.39, 0.29) is 24.9 Å². The average molecular weight is 417 g/mol. The molecule has 9 heteroatoms. The Labute approximate surface area is 173 Å². The SMILES string of the molecule is CC(C)n1nccc1NC(=O)[C@H](C)OC(=O)CCN1C(=O)CSc2ccccc21. The first-order valence-electron chi connectivity index (χ1n) is 9.43. The number of esters is 1. The van der Waals surface area contributed by atoms with Gasteiger partial charge < -0.3 is 15.0 Å². The second kappa shape index (κ2) is 9.13. The Kier molecular flexibility index (Phi) is 6.58. The number of nitrogens with zero attached hydrogens (tertiary/aromatic N) is 3. The highest BCUT2D eigenvalue weighted by Crippen LogP contribution is 2.34. The van der Waals surface area contributed by atoms with Crippen LogP contribution in [0.3, 0.4) is 0 Å². The summed E-state index contributed by atoms with van der Waals surface area (Å²) in [5, 5.41) is 6.87. The maximum atomic E-state index is 12.3. The largest absolute Gasteiger partial charge is 0.452 e. The number of hydrogen-bond donors (Lipinski definition) is 1. The number of para-hydroxylation sites is 1. The molecule has 29 heavy (non-hydrogen) atoms. The zero-order valence-corrected chi connectivity index (χ0v) is 17.4. The number of anilines is 2. The molecule has 1 atom stereocenters. The van der Waals surface area contributed by atoms with Crippen molar-refractivity contribution in [3.8, 4) is 0 Å². The number of nitrogens with one attached hydrogen (secondary N) is 1. The van der Waals surface area contributed by atoms with Gasteiger partial charge in [0.25, 0.3) is 5.91 Å². The summed E-state index contributed by atoms with van der Waals surface area (Å²) in [6, 6.07) is 9.35. The van der Waals surface area contributed by atoms with Crippen molar-refractivity contribution < 1.29 is 19.1 Å². The van der Waals surface area contributed by atoms with Crippen LogP contribution in [-0.4, -0.2) is 46.0 Å². The van der Waals surface area contributed by atoms with Crippen LogP contribution in [0.2, 0.25) is 0 Å². The van der Waals surface area contributed by atoms with Gasteiger partial charge in [0.2, 0.25) is 5.91 Å². The number of aromatic nitrogens is 2.